The van der Waals surface area contributed by atoms with Crippen molar-refractivity contribution in [3.8, 4) is 6.01 Å². The number of ether oxygens (including phenoxy) is 1. The number of aromatic nitrogens is 4. The van der Waals surface area contributed by atoms with Gasteiger partial charge in [0.05, 0.1) is 29.7 Å². The molecule has 0 bridgehead atoms. The molecule has 7 nitrogen and oxygen atoms in total. The average molecular weight is 350 g/mol. The van der Waals surface area contributed by atoms with Crippen LogP contribution in [0.1, 0.15) is 29.8 Å². The SMILES string of the molecule is Cc1n[nH]c(C)c1CCC(=O)N1CC[C@@H](Oc2ncc(Cl)cn2)C1. The summed E-state index contributed by atoms with van der Waals surface area (Å²) in [5.74, 6) is 0.137. The molecule has 1 amide bonds. The Labute approximate surface area is 145 Å². The number of likely N-dealkylation sites (tertiary alicyclic amines) is 1. The molecule has 1 aliphatic rings. The molecule has 1 aliphatic heterocycles. The Morgan fingerprint density at radius 3 is 2.83 bits per heavy atom. The normalized spacial score (nSPS) is 17.3. The topological polar surface area (TPSA) is 84.0 Å². The van der Waals surface area contributed by atoms with Crippen molar-refractivity contribution in [3.05, 3.63) is 34.4 Å². The summed E-state index contributed by atoms with van der Waals surface area (Å²) in [6.07, 6.45) is 4.88. The molecular formula is C16H20ClN5O2. The van der Waals surface area contributed by atoms with Crippen LogP contribution in [0, 0.1) is 13.8 Å². The third-order valence-electron chi connectivity index (χ3n) is 4.24. The monoisotopic (exact) mass is 349 g/mol. The number of halogens is 1. The zero-order valence-electron chi connectivity index (χ0n) is 13.8. The lowest BCUT2D eigenvalue weighted by Gasteiger charge is -2.16. The average Bonchev–Trinajstić information content (AvgIpc) is 3.15. The summed E-state index contributed by atoms with van der Waals surface area (Å²) < 4.78 is 5.71. The second-order valence-electron chi connectivity index (χ2n) is 5.96. The fraction of sp³-hybridized carbons (Fsp3) is 0.500. The first kappa shape index (κ1) is 16.7. The minimum atomic E-state index is -0.0764. The van der Waals surface area contributed by atoms with Crippen LogP contribution in [-0.4, -0.2) is 50.2 Å². The third kappa shape index (κ3) is 3.84. The molecule has 1 saturated heterocycles. The van der Waals surface area contributed by atoms with Crippen LogP contribution in [0.25, 0.3) is 0 Å². The quantitative estimate of drug-likeness (QED) is 0.893. The number of aryl methyl sites for hydroxylation is 2. The summed E-state index contributed by atoms with van der Waals surface area (Å²) >= 11 is 5.75. The summed E-state index contributed by atoms with van der Waals surface area (Å²) in [6.45, 7) is 5.19. The Hall–Kier alpha value is -2.15. The van der Waals surface area contributed by atoms with Crippen LogP contribution in [-0.2, 0) is 11.2 Å². The maximum Gasteiger partial charge on any atom is 0.316 e. The van der Waals surface area contributed by atoms with Crippen molar-refractivity contribution in [2.45, 2.75) is 39.2 Å². The van der Waals surface area contributed by atoms with Crippen molar-refractivity contribution in [2.24, 2.45) is 0 Å². The van der Waals surface area contributed by atoms with Gasteiger partial charge < -0.3 is 9.64 Å². The van der Waals surface area contributed by atoms with Gasteiger partial charge in [0, 0.05) is 25.1 Å². The molecule has 8 heteroatoms. The number of H-pyrrole nitrogens is 1. The van der Waals surface area contributed by atoms with Gasteiger partial charge in [-0.25, -0.2) is 9.97 Å². The van der Waals surface area contributed by atoms with Gasteiger partial charge in [-0.3, -0.25) is 9.89 Å². The molecule has 1 N–H and O–H groups in total. The van der Waals surface area contributed by atoms with Crippen molar-refractivity contribution in [3.63, 3.8) is 0 Å². The number of nitrogens with zero attached hydrogens (tertiary/aromatic N) is 4. The highest BCUT2D eigenvalue weighted by Crippen LogP contribution is 2.18. The molecule has 1 fully saturated rings. The molecule has 3 heterocycles. The molecule has 0 saturated carbocycles. The first-order valence-electron chi connectivity index (χ1n) is 7.95. The summed E-state index contributed by atoms with van der Waals surface area (Å²) in [5, 5.41) is 7.58. The van der Waals surface area contributed by atoms with E-state index in [1.165, 1.54) is 12.4 Å². The number of nitrogens with one attached hydrogen (secondary N) is 1. The lowest BCUT2D eigenvalue weighted by molar-refractivity contribution is -0.130. The maximum absolute atomic E-state index is 12.4. The first-order valence-corrected chi connectivity index (χ1v) is 8.33. The van der Waals surface area contributed by atoms with Crippen LogP contribution in [0.15, 0.2) is 12.4 Å². The Balaban J connectivity index is 1.49. The number of aromatic amines is 1. The molecular weight excluding hydrogens is 330 g/mol. The van der Waals surface area contributed by atoms with Gasteiger partial charge in [0.25, 0.3) is 0 Å². The molecule has 2 aromatic heterocycles. The van der Waals surface area contributed by atoms with Crippen LogP contribution in [0.2, 0.25) is 5.02 Å². The number of amides is 1. The van der Waals surface area contributed by atoms with Crippen molar-refractivity contribution in [1.29, 1.82) is 0 Å². The molecule has 0 aliphatic carbocycles. The number of rotatable bonds is 5. The second kappa shape index (κ2) is 7.17. The van der Waals surface area contributed by atoms with Crippen molar-refractivity contribution < 1.29 is 9.53 Å². The van der Waals surface area contributed by atoms with Gasteiger partial charge >= 0.3 is 6.01 Å². The van der Waals surface area contributed by atoms with Gasteiger partial charge in [0.1, 0.15) is 6.10 Å². The maximum atomic E-state index is 12.4. The zero-order chi connectivity index (χ0) is 17.1. The Bertz CT molecular complexity index is 696. The van der Waals surface area contributed by atoms with E-state index in [4.69, 9.17) is 16.3 Å². The van der Waals surface area contributed by atoms with E-state index in [9.17, 15) is 4.79 Å². The molecule has 2 aromatic rings. The number of carbonyl (C=O) groups excluding carboxylic acids is 1. The largest absolute Gasteiger partial charge is 0.458 e. The van der Waals surface area contributed by atoms with E-state index >= 15 is 0 Å². The molecule has 0 spiro atoms. The molecule has 128 valence electrons. The highest BCUT2D eigenvalue weighted by Gasteiger charge is 2.28. The van der Waals surface area contributed by atoms with Crippen LogP contribution in [0.4, 0.5) is 0 Å². The van der Waals surface area contributed by atoms with Gasteiger partial charge in [-0.05, 0) is 25.8 Å². The fourth-order valence-electron chi connectivity index (χ4n) is 2.89. The summed E-state index contributed by atoms with van der Waals surface area (Å²) in [5.41, 5.74) is 3.12. The van der Waals surface area contributed by atoms with Gasteiger partial charge in [-0.2, -0.15) is 5.10 Å². The van der Waals surface area contributed by atoms with Crippen LogP contribution in [0.3, 0.4) is 0 Å². The Morgan fingerprint density at radius 1 is 1.42 bits per heavy atom. The minimum Gasteiger partial charge on any atom is -0.458 e. The van der Waals surface area contributed by atoms with Gasteiger partial charge in [0.15, 0.2) is 0 Å². The summed E-state index contributed by atoms with van der Waals surface area (Å²) in [6, 6.07) is 0.295. The summed E-state index contributed by atoms with van der Waals surface area (Å²) in [7, 11) is 0. The van der Waals surface area contributed by atoms with Crippen molar-refractivity contribution in [1.82, 2.24) is 25.1 Å². The van der Waals surface area contributed by atoms with E-state index in [0.29, 0.717) is 37.0 Å². The highest BCUT2D eigenvalue weighted by atomic mass is 35.5. The standard InChI is InChI=1S/C16H20ClN5O2/c1-10-14(11(2)21-20-10)3-4-15(23)22-6-5-13(9-22)24-16-18-7-12(17)8-19-16/h7-8,13H,3-6,9H2,1-2H3,(H,20,21)/t13-/m1/s1. The van der Waals surface area contributed by atoms with E-state index in [-0.39, 0.29) is 12.0 Å². The molecule has 0 radical (unpaired) electrons. The van der Waals surface area contributed by atoms with Crippen molar-refractivity contribution in [2.75, 3.05) is 13.1 Å². The van der Waals surface area contributed by atoms with Gasteiger partial charge in [0.2, 0.25) is 5.91 Å². The highest BCUT2D eigenvalue weighted by molar-refractivity contribution is 6.30. The van der Waals surface area contributed by atoms with E-state index < -0.39 is 0 Å². The molecule has 0 aromatic carbocycles. The predicted molar refractivity (Wildman–Crippen MR) is 89.0 cm³/mol. The molecule has 0 unspecified atom stereocenters. The number of hydrogen-bond acceptors (Lipinski definition) is 5. The lowest BCUT2D eigenvalue weighted by atomic mass is 10.1. The van der Waals surface area contributed by atoms with Gasteiger partial charge in [-0.1, -0.05) is 11.6 Å². The van der Waals surface area contributed by atoms with E-state index in [0.717, 1.165) is 23.4 Å². The lowest BCUT2D eigenvalue weighted by Crippen LogP contribution is -2.31. The number of carbonyl (C=O) groups is 1. The predicted octanol–water partition coefficient (Wildman–Crippen LogP) is 2.08. The Morgan fingerprint density at radius 2 is 2.17 bits per heavy atom. The third-order valence-corrected chi connectivity index (χ3v) is 4.43. The fourth-order valence-corrected chi connectivity index (χ4v) is 2.99. The van der Waals surface area contributed by atoms with Crippen LogP contribution in [0.5, 0.6) is 6.01 Å². The van der Waals surface area contributed by atoms with E-state index in [2.05, 4.69) is 20.2 Å². The molecule has 1 atom stereocenters. The zero-order valence-corrected chi connectivity index (χ0v) is 14.5. The molecule has 3 rings (SSSR count). The van der Waals surface area contributed by atoms with Crippen LogP contribution < -0.4 is 4.74 Å². The molecule has 24 heavy (non-hydrogen) atoms. The smallest absolute Gasteiger partial charge is 0.316 e. The minimum absolute atomic E-state index is 0.0764. The van der Waals surface area contributed by atoms with Crippen LogP contribution >= 0.6 is 11.6 Å². The summed E-state index contributed by atoms with van der Waals surface area (Å²) in [4.78, 5) is 22.3. The van der Waals surface area contributed by atoms with E-state index in [1.54, 1.807) is 0 Å². The Kier molecular flexibility index (Phi) is 4.99. The van der Waals surface area contributed by atoms with Gasteiger partial charge in [-0.15, -0.1) is 0 Å². The van der Waals surface area contributed by atoms with Crippen molar-refractivity contribution >= 4 is 17.5 Å². The van der Waals surface area contributed by atoms with E-state index in [1.807, 2.05) is 18.7 Å². The second-order valence-corrected chi connectivity index (χ2v) is 6.40. The first-order chi connectivity index (χ1) is 11.5. The number of hydrogen-bond donors (Lipinski definition) is 1.